The number of ether oxygens (including phenoxy) is 2. The van der Waals surface area contributed by atoms with Crippen molar-refractivity contribution in [1.29, 1.82) is 0 Å². The SMILES string of the molecule is COc1ccc(-c2[nH]c3c(Cl)cc(Br)cc3c2CCCCN)c(OC)c1. The monoisotopic (exact) mass is 436 g/mol. The Labute approximate surface area is 166 Å². The summed E-state index contributed by atoms with van der Waals surface area (Å²) in [6.45, 7) is 0.688. The fourth-order valence-corrected chi connectivity index (χ4v) is 4.07. The molecule has 0 saturated heterocycles. The molecule has 3 N–H and O–H groups in total. The van der Waals surface area contributed by atoms with Crippen molar-refractivity contribution >= 4 is 38.4 Å². The molecular formula is C20H22BrClN2O2. The number of H-pyrrole nitrogens is 1. The maximum Gasteiger partial charge on any atom is 0.131 e. The van der Waals surface area contributed by atoms with Crippen molar-refractivity contribution in [2.24, 2.45) is 5.73 Å². The first-order valence-electron chi connectivity index (χ1n) is 8.51. The highest BCUT2D eigenvalue weighted by molar-refractivity contribution is 9.10. The van der Waals surface area contributed by atoms with E-state index in [2.05, 4.69) is 27.0 Å². The topological polar surface area (TPSA) is 60.3 Å². The predicted molar refractivity (Wildman–Crippen MR) is 112 cm³/mol. The first kappa shape index (κ1) is 19.1. The number of hydrogen-bond donors (Lipinski definition) is 2. The van der Waals surface area contributed by atoms with Crippen LogP contribution in [0.4, 0.5) is 0 Å². The number of hydrogen-bond acceptors (Lipinski definition) is 3. The van der Waals surface area contributed by atoms with Crippen molar-refractivity contribution in [3.63, 3.8) is 0 Å². The van der Waals surface area contributed by atoms with Crippen LogP contribution in [0.1, 0.15) is 18.4 Å². The third-order valence-corrected chi connectivity index (χ3v) is 5.25. The van der Waals surface area contributed by atoms with Crippen LogP contribution in [0.2, 0.25) is 5.02 Å². The van der Waals surface area contributed by atoms with E-state index in [1.807, 2.05) is 24.3 Å². The number of nitrogens with one attached hydrogen (secondary N) is 1. The Morgan fingerprint density at radius 3 is 2.62 bits per heavy atom. The van der Waals surface area contributed by atoms with E-state index in [0.29, 0.717) is 11.6 Å². The molecule has 0 radical (unpaired) electrons. The zero-order valence-corrected chi connectivity index (χ0v) is 17.2. The average molecular weight is 438 g/mol. The van der Waals surface area contributed by atoms with Crippen LogP contribution in [-0.2, 0) is 6.42 Å². The van der Waals surface area contributed by atoms with Gasteiger partial charge in [-0.15, -0.1) is 0 Å². The highest BCUT2D eigenvalue weighted by Gasteiger charge is 2.18. The minimum absolute atomic E-state index is 0.688. The zero-order chi connectivity index (χ0) is 18.7. The molecule has 0 aliphatic carbocycles. The molecule has 0 bridgehead atoms. The number of aromatic nitrogens is 1. The molecule has 3 aromatic rings. The van der Waals surface area contributed by atoms with Gasteiger partial charge in [-0.2, -0.15) is 0 Å². The number of fused-ring (bicyclic) bond motifs is 1. The average Bonchev–Trinajstić information content (AvgIpc) is 3.00. The summed E-state index contributed by atoms with van der Waals surface area (Å²) in [7, 11) is 3.31. The Morgan fingerprint density at radius 1 is 1.12 bits per heavy atom. The van der Waals surface area contributed by atoms with Crippen molar-refractivity contribution in [2.75, 3.05) is 20.8 Å². The van der Waals surface area contributed by atoms with E-state index in [4.69, 9.17) is 26.8 Å². The molecule has 3 rings (SSSR count). The second kappa shape index (κ2) is 8.33. The Kier molecular flexibility index (Phi) is 6.12. The zero-order valence-electron chi connectivity index (χ0n) is 14.9. The van der Waals surface area contributed by atoms with Gasteiger partial charge in [0.25, 0.3) is 0 Å². The minimum Gasteiger partial charge on any atom is -0.497 e. The summed E-state index contributed by atoms with van der Waals surface area (Å²) in [4.78, 5) is 3.51. The van der Waals surface area contributed by atoms with Gasteiger partial charge in [-0.05, 0) is 55.6 Å². The largest absolute Gasteiger partial charge is 0.497 e. The van der Waals surface area contributed by atoms with Crippen LogP contribution < -0.4 is 15.2 Å². The van der Waals surface area contributed by atoms with E-state index >= 15 is 0 Å². The van der Waals surface area contributed by atoms with Gasteiger partial charge in [0.1, 0.15) is 11.5 Å². The van der Waals surface area contributed by atoms with Crippen LogP contribution in [0.3, 0.4) is 0 Å². The summed E-state index contributed by atoms with van der Waals surface area (Å²) in [5.74, 6) is 1.51. The number of halogens is 2. The Hall–Kier alpha value is -1.69. The summed E-state index contributed by atoms with van der Waals surface area (Å²) >= 11 is 10.0. The predicted octanol–water partition coefficient (Wildman–Crippen LogP) is 5.55. The lowest BCUT2D eigenvalue weighted by atomic mass is 9.99. The van der Waals surface area contributed by atoms with Crippen molar-refractivity contribution in [3.05, 3.63) is 45.4 Å². The number of rotatable bonds is 7. The summed E-state index contributed by atoms with van der Waals surface area (Å²) in [6.07, 6.45) is 2.90. The second-order valence-electron chi connectivity index (χ2n) is 6.10. The van der Waals surface area contributed by atoms with Crippen LogP contribution in [0.25, 0.3) is 22.2 Å². The maximum atomic E-state index is 6.49. The molecule has 0 atom stereocenters. The quantitative estimate of drug-likeness (QED) is 0.476. The van der Waals surface area contributed by atoms with Gasteiger partial charge in [-0.25, -0.2) is 0 Å². The molecule has 0 fully saturated rings. The van der Waals surface area contributed by atoms with E-state index in [-0.39, 0.29) is 0 Å². The Balaban J connectivity index is 2.21. The van der Waals surface area contributed by atoms with Crippen LogP contribution in [0.5, 0.6) is 11.5 Å². The minimum atomic E-state index is 0.688. The molecule has 4 nitrogen and oxygen atoms in total. The lowest BCUT2D eigenvalue weighted by Crippen LogP contribution is -1.99. The summed E-state index contributed by atoms with van der Waals surface area (Å²) in [6, 6.07) is 9.85. The molecular weight excluding hydrogens is 416 g/mol. The molecule has 26 heavy (non-hydrogen) atoms. The molecule has 0 saturated carbocycles. The lowest BCUT2D eigenvalue weighted by molar-refractivity contribution is 0.395. The van der Waals surface area contributed by atoms with Crippen molar-refractivity contribution in [1.82, 2.24) is 4.98 Å². The molecule has 1 aromatic heterocycles. The number of aryl methyl sites for hydroxylation is 1. The summed E-state index contributed by atoms with van der Waals surface area (Å²) < 4.78 is 11.9. The first-order chi connectivity index (χ1) is 12.6. The van der Waals surface area contributed by atoms with Gasteiger partial charge in [0.15, 0.2) is 0 Å². The number of aromatic amines is 1. The smallest absolute Gasteiger partial charge is 0.131 e. The number of unbranched alkanes of at least 4 members (excludes halogenated alkanes) is 1. The number of benzene rings is 2. The number of nitrogens with two attached hydrogens (primary N) is 1. The molecule has 1 heterocycles. The highest BCUT2D eigenvalue weighted by atomic mass is 79.9. The summed E-state index contributed by atoms with van der Waals surface area (Å²) in [5.41, 5.74) is 9.85. The van der Waals surface area contributed by atoms with Gasteiger partial charge >= 0.3 is 0 Å². The molecule has 0 spiro atoms. The van der Waals surface area contributed by atoms with Gasteiger partial charge in [0.2, 0.25) is 0 Å². The van der Waals surface area contributed by atoms with Gasteiger partial charge in [0, 0.05) is 21.5 Å². The van der Waals surface area contributed by atoms with Gasteiger partial charge in [0.05, 0.1) is 30.5 Å². The third kappa shape index (κ3) is 3.70. The van der Waals surface area contributed by atoms with Crippen molar-refractivity contribution < 1.29 is 9.47 Å². The van der Waals surface area contributed by atoms with E-state index in [0.717, 1.165) is 57.4 Å². The third-order valence-electron chi connectivity index (χ3n) is 4.49. The van der Waals surface area contributed by atoms with Crippen LogP contribution in [0, 0.1) is 0 Å². The Morgan fingerprint density at radius 2 is 1.92 bits per heavy atom. The van der Waals surface area contributed by atoms with Crippen molar-refractivity contribution in [3.8, 4) is 22.8 Å². The molecule has 0 unspecified atom stereocenters. The van der Waals surface area contributed by atoms with Gasteiger partial charge in [-0.3, -0.25) is 0 Å². The lowest BCUT2D eigenvalue weighted by Gasteiger charge is -2.11. The van der Waals surface area contributed by atoms with Crippen LogP contribution in [-0.4, -0.2) is 25.7 Å². The van der Waals surface area contributed by atoms with Crippen molar-refractivity contribution in [2.45, 2.75) is 19.3 Å². The molecule has 0 aliphatic heterocycles. The van der Waals surface area contributed by atoms with Crippen LogP contribution >= 0.6 is 27.5 Å². The van der Waals surface area contributed by atoms with Gasteiger partial charge in [-0.1, -0.05) is 27.5 Å². The standard InChI is InChI=1S/C20H22BrClN2O2/c1-25-13-6-7-15(18(11-13)26-2)19-14(5-3-4-8-23)16-9-12(21)10-17(22)20(16)24-19/h6-7,9-11,24H,3-5,8,23H2,1-2H3. The Bertz CT molecular complexity index is 924. The molecule has 0 aliphatic rings. The molecule has 6 heteroatoms. The highest BCUT2D eigenvalue weighted by Crippen LogP contribution is 2.40. The molecule has 0 amide bonds. The van der Waals surface area contributed by atoms with E-state index in [9.17, 15) is 0 Å². The van der Waals surface area contributed by atoms with E-state index in [1.54, 1.807) is 14.2 Å². The summed E-state index contributed by atoms with van der Waals surface area (Å²) in [5, 5.41) is 1.81. The molecule has 138 valence electrons. The molecule has 2 aromatic carbocycles. The van der Waals surface area contributed by atoms with E-state index < -0.39 is 0 Å². The first-order valence-corrected chi connectivity index (χ1v) is 9.68. The fraction of sp³-hybridized carbons (Fsp3) is 0.300. The van der Waals surface area contributed by atoms with Crippen LogP contribution in [0.15, 0.2) is 34.8 Å². The number of methoxy groups -OCH3 is 2. The fourth-order valence-electron chi connectivity index (χ4n) is 3.21. The normalized spacial score (nSPS) is 11.1. The van der Waals surface area contributed by atoms with E-state index in [1.165, 1.54) is 5.56 Å². The van der Waals surface area contributed by atoms with Gasteiger partial charge < -0.3 is 20.2 Å². The second-order valence-corrected chi connectivity index (χ2v) is 7.42. The maximum absolute atomic E-state index is 6.49.